The van der Waals surface area contributed by atoms with Gasteiger partial charge >= 0.3 is 0 Å². The average molecular weight is 340 g/mol. The maximum atomic E-state index is 11.9. The van der Waals surface area contributed by atoms with Crippen LogP contribution in [0.5, 0.6) is 11.5 Å². The van der Waals surface area contributed by atoms with Crippen LogP contribution in [0.3, 0.4) is 0 Å². The molecule has 7 nitrogen and oxygen atoms in total. The Morgan fingerprint density at radius 3 is 2.91 bits per heavy atom. The van der Waals surface area contributed by atoms with Gasteiger partial charge in [0, 0.05) is 5.41 Å². The Morgan fingerprint density at radius 2 is 2.14 bits per heavy atom. The first kappa shape index (κ1) is 14.9. The van der Waals surface area contributed by atoms with E-state index in [1.165, 1.54) is 0 Å². The van der Waals surface area contributed by atoms with E-state index in [-0.39, 0.29) is 12.7 Å². The second-order valence-corrected chi connectivity index (χ2v) is 7.23. The number of carbonyl (C=O) groups is 1. The molecule has 1 aromatic carbocycles. The molecule has 0 aromatic heterocycles. The first-order valence-electron chi connectivity index (χ1n) is 6.20. The highest BCUT2D eigenvalue weighted by molar-refractivity contribution is 8.06. The van der Waals surface area contributed by atoms with Crippen molar-refractivity contribution >= 4 is 33.8 Å². The SMILES string of the molecule is C=CS(=O)(=O)NC1NC(=O)C(=Cc2ccc3c(c2)OCO3)S1. The fourth-order valence-electron chi connectivity index (χ4n) is 1.90. The van der Waals surface area contributed by atoms with Gasteiger partial charge in [-0.25, -0.2) is 8.42 Å². The van der Waals surface area contributed by atoms with Gasteiger partial charge in [0.25, 0.3) is 5.91 Å². The van der Waals surface area contributed by atoms with Crippen molar-refractivity contribution in [2.75, 3.05) is 6.79 Å². The fraction of sp³-hybridized carbons (Fsp3) is 0.154. The van der Waals surface area contributed by atoms with Crippen LogP contribution in [0.4, 0.5) is 0 Å². The molecule has 1 saturated heterocycles. The Labute approximate surface area is 131 Å². The van der Waals surface area contributed by atoms with Crippen molar-refractivity contribution in [2.45, 2.75) is 5.50 Å². The number of ether oxygens (including phenoxy) is 2. The lowest BCUT2D eigenvalue weighted by atomic mass is 10.2. The van der Waals surface area contributed by atoms with Crippen LogP contribution in [0.1, 0.15) is 5.56 Å². The summed E-state index contributed by atoms with van der Waals surface area (Å²) in [7, 11) is -3.62. The molecule has 2 heterocycles. The van der Waals surface area contributed by atoms with Gasteiger partial charge in [-0.3, -0.25) is 4.79 Å². The minimum Gasteiger partial charge on any atom is -0.454 e. The Kier molecular flexibility index (Phi) is 3.85. The van der Waals surface area contributed by atoms with Gasteiger partial charge in [-0.15, -0.1) is 0 Å². The number of thioether (sulfide) groups is 1. The molecule has 2 aliphatic heterocycles. The number of amides is 1. The Hall–Kier alpha value is -1.97. The Morgan fingerprint density at radius 1 is 1.36 bits per heavy atom. The van der Waals surface area contributed by atoms with Crippen LogP contribution in [-0.4, -0.2) is 26.6 Å². The minimum atomic E-state index is -3.62. The van der Waals surface area contributed by atoms with Gasteiger partial charge in [-0.1, -0.05) is 24.4 Å². The van der Waals surface area contributed by atoms with Crippen LogP contribution in [0, 0.1) is 0 Å². The van der Waals surface area contributed by atoms with Crippen LogP contribution in [-0.2, 0) is 14.8 Å². The van der Waals surface area contributed by atoms with Gasteiger partial charge in [0.1, 0.15) is 5.50 Å². The van der Waals surface area contributed by atoms with E-state index in [0.717, 1.165) is 22.7 Å². The summed E-state index contributed by atoms with van der Waals surface area (Å²) >= 11 is 1.08. The molecule has 116 valence electrons. The van der Waals surface area contributed by atoms with Crippen molar-refractivity contribution in [3.8, 4) is 11.5 Å². The van der Waals surface area contributed by atoms with E-state index in [9.17, 15) is 13.2 Å². The summed E-state index contributed by atoms with van der Waals surface area (Å²) in [6.45, 7) is 3.38. The molecule has 2 aliphatic rings. The van der Waals surface area contributed by atoms with Gasteiger partial charge in [0.05, 0.1) is 4.91 Å². The van der Waals surface area contributed by atoms with E-state index < -0.39 is 15.5 Å². The summed E-state index contributed by atoms with van der Waals surface area (Å²) in [4.78, 5) is 12.3. The van der Waals surface area contributed by atoms with Gasteiger partial charge in [0.15, 0.2) is 11.5 Å². The van der Waals surface area contributed by atoms with Crippen molar-refractivity contribution in [1.82, 2.24) is 10.0 Å². The molecule has 0 bridgehead atoms. The first-order chi connectivity index (χ1) is 10.5. The number of hydrogen-bond acceptors (Lipinski definition) is 6. The summed E-state index contributed by atoms with van der Waals surface area (Å²) in [5.74, 6) is 0.920. The average Bonchev–Trinajstić information content (AvgIpc) is 3.05. The zero-order chi connectivity index (χ0) is 15.7. The zero-order valence-electron chi connectivity index (χ0n) is 11.2. The normalized spacial score (nSPS) is 21.9. The summed E-state index contributed by atoms with van der Waals surface area (Å²) < 4.78 is 35.6. The second kappa shape index (κ2) is 5.67. The predicted octanol–water partition coefficient (Wildman–Crippen LogP) is 0.966. The third kappa shape index (κ3) is 3.11. The maximum absolute atomic E-state index is 11.9. The number of benzene rings is 1. The van der Waals surface area contributed by atoms with Crippen molar-refractivity contribution in [3.63, 3.8) is 0 Å². The molecular formula is C13H12N2O5S2. The summed E-state index contributed by atoms with van der Waals surface area (Å²) in [6, 6.07) is 5.30. The summed E-state index contributed by atoms with van der Waals surface area (Å²) in [5, 5.41) is 3.32. The number of fused-ring (bicyclic) bond motifs is 1. The van der Waals surface area contributed by atoms with Crippen LogP contribution >= 0.6 is 11.8 Å². The van der Waals surface area contributed by atoms with Gasteiger partial charge in [-0.05, 0) is 23.8 Å². The maximum Gasteiger partial charge on any atom is 0.259 e. The van der Waals surface area contributed by atoms with Crippen LogP contribution in [0.2, 0.25) is 0 Å². The van der Waals surface area contributed by atoms with E-state index in [1.807, 2.05) is 0 Å². The standard InChI is InChI=1S/C13H12N2O5S2/c1-2-22(17,18)15-13-14-12(16)11(21-13)6-8-3-4-9-10(5-8)20-7-19-9/h2-6,13,15H,1,7H2,(H,14,16). The third-order valence-electron chi connectivity index (χ3n) is 2.92. The number of carbonyl (C=O) groups excluding carboxylic acids is 1. The van der Waals surface area contributed by atoms with Crippen molar-refractivity contribution in [3.05, 3.63) is 40.7 Å². The lowest BCUT2D eigenvalue weighted by molar-refractivity contribution is -0.116. The van der Waals surface area contributed by atoms with Crippen LogP contribution < -0.4 is 19.5 Å². The lowest BCUT2D eigenvalue weighted by Gasteiger charge is -2.08. The highest BCUT2D eigenvalue weighted by Gasteiger charge is 2.29. The van der Waals surface area contributed by atoms with Gasteiger partial charge in [-0.2, -0.15) is 4.72 Å². The number of sulfonamides is 1. The van der Waals surface area contributed by atoms with Crippen molar-refractivity contribution in [2.24, 2.45) is 0 Å². The second-order valence-electron chi connectivity index (χ2n) is 4.42. The molecule has 1 amide bonds. The van der Waals surface area contributed by atoms with Gasteiger partial charge in [0.2, 0.25) is 16.8 Å². The lowest BCUT2D eigenvalue weighted by Crippen LogP contribution is -2.40. The quantitative estimate of drug-likeness (QED) is 0.793. The molecule has 2 N–H and O–H groups in total. The molecule has 3 rings (SSSR count). The molecule has 9 heteroatoms. The van der Waals surface area contributed by atoms with Crippen LogP contribution in [0.25, 0.3) is 6.08 Å². The van der Waals surface area contributed by atoms with E-state index in [4.69, 9.17) is 9.47 Å². The molecule has 22 heavy (non-hydrogen) atoms. The number of rotatable bonds is 4. The summed E-state index contributed by atoms with van der Waals surface area (Å²) in [6.07, 6.45) is 1.66. The van der Waals surface area contributed by atoms with E-state index >= 15 is 0 Å². The smallest absolute Gasteiger partial charge is 0.259 e. The highest BCUT2D eigenvalue weighted by atomic mass is 32.2. The fourth-order valence-corrected chi connectivity index (χ4v) is 3.74. The van der Waals surface area contributed by atoms with E-state index in [0.29, 0.717) is 16.4 Å². The zero-order valence-corrected chi connectivity index (χ0v) is 12.9. The third-order valence-corrected chi connectivity index (χ3v) is 5.10. The predicted molar refractivity (Wildman–Crippen MR) is 82.3 cm³/mol. The molecule has 0 saturated carbocycles. The van der Waals surface area contributed by atoms with Gasteiger partial charge < -0.3 is 14.8 Å². The Bertz CT molecular complexity index is 773. The van der Waals surface area contributed by atoms with E-state index in [2.05, 4.69) is 16.6 Å². The topological polar surface area (TPSA) is 93.7 Å². The molecular weight excluding hydrogens is 328 g/mol. The molecule has 1 fully saturated rings. The molecule has 0 aliphatic carbocycles. The largest absolute Gasteiger partial charge is 0.454 e. The van der Waals surface area contributed by atoms with E-state index in [1.54, 1.807) is 24.3 Å². The Balaban J connectivity index is 1.77. The molecule has 1 unspecified atom stereocenters. The number of hydrogen-bond donors (Lipinski definition) is 2. The van der Waals surface area contributed by atoms with Crippen molar-refractivity contribution < 1.29 is 22.7 Å². The van der Waals surface area contributed by atoms with Crippen LogP contribution in [0.15, 0.2) is 35.1 Å². The molecule has 1 atom stereocenters. The first-order valence-corrected chi connectivity index (χ1v) is 8.63. The highest BCUT2D eigenvalue weighted by Crippen LogP contribution is 2.34. The minimum absolute atomic E-state index is 0.177. The molecule has 1 aromatic rings. The monoisotopic (exact) mass is 340 g/mol. The molecule has 0 spiro atoms. The van der Waals surface area contributed by atoms with Crippen molar-refractivity contribution in [1.29, 1.82) is 0 Å². The summed E-state index contributed by atoms with van der Waals surface area (Å²) in [5.41, 5.74) is 0.00453. The number of nitrogens with one attached hydrogen (secondary N) is 2. The molecule has 0 radical (unpaired) electrons.